The third-order valence-electron chi connectivity index (χ3n) is 3.14. The van der Waals surface area contributed by atoms with Crippen LogP contribution in [-0.4, -0.2) is 48.2 Å². The number of carboxylic acid groups (broad SMARTS) is 1. The Labute approximate surface area is 105 Å². The quantitative estimate of drug-likeness (QED) is 0.649. The van der Waals surface area contributed by atoms with E-state index < -0.39 is 11.5 Å². The van der Waals surface area contributed by atoms with Crippen molar-refractivity contribution >= 4 is 5.97 Å². The fraction of sp³-hybridized carbons (Fsp3) is 0.923. The maximum absolute atomic E-state index is 11.3. The Morgan fingerprint density at radius 3 is 2.47 bits per heavy atom. The molecule has 17 heavy (non-hydrogen) atoms. The maximum atomic E-state index is 11.3. The fourth-order valence-corrected chi connectivity index (χ4v) is 1.87. The third kappa shape index (κ3) is 6.03. The number of hydrogen-bond donors (Lipinski definition) is 2. The van der Waals surface area contributed by atoms with E-state index in [1.54, 1.807) is 6.92 Å². The number of hydrogen-bond acceptors (Lipinski definition) is 3. The number of likely N-dealkylation sites (N-methyl/N-ethyl adjacent to an activating group) is 1. The third-order valence-corrected chi connectivity index (χ3v) is 3.14. The van der Waals surface area contributed by atoms with Crippen LogP contribution in [0.5, 0.6) is 0 Å². The Morgan fingerprint density at radius 2 is 2.06 bits per heavy atom. The molecular weight excluding hydrogens is 216 g/mol. The molecule has 2 atom stereocenters. The molecule has 0 heterocycles. The van der Waals surface area contributed by atoms with Gasteiger partial charge in [0.05, 0.1) is 0 Å². The van der Waals surface area contributed by atoms with Crippen molar-refractivity contribution < 1.29 is 9.90 Å². The molecule has 0 amide bonds. The van der Waals surface area contributed by atoms with Crippen LogP contribution < -0.4 is 5.32 Å². The van der Waals surface area contributed by atoms with Crippen LogP contribution in [0, 0.1) is 5.92 Å². The molecule has 2 N–H and O–H groups in total. The van der Waals surface area contributed by atoms with Crippen molar-refractivity contribution in [2.24, 2.45) is 5.92 Å². The van der Waals surface area contributed by atoms with E-state index in [4.69, 9.17) is 0 Å². The summed E-state index contributed by atoms with van der Waals surface area (Å²) in [6.45, 7) is 10.4. The molecule has 0 fully saturated rings. The molecule has 0 saturated heterocycles. The molecule has 102 valence electrons. The van der Waals surface area contributed by atoms with E-state index in [2.05, 4.69) is 24.1 Å². The summed E-state index contributed by atoms with van der Waals surface area (Å²) in [4.78, 5) is 13.4. The van der Waals surface area contributed by atoms with Gasteiger partial charge >= 0.3 is 5.97 Å². The largest absolute Gasteiger partial charge is 0.480 e. The summed E-state index contributed by atoms with van der Waals surface area (Å²) in [5.74, 6) is -0.175. The van der Waals surface area contributed by atoms with Gasteiger partial charge in [-0.3, -0.25) is 4.79 Å². The summed E-state index contributed by atoms with van der Waals surface area (Å²) >= 11 is 0. The molecule has 0 aromatic carbocycles. The molecule has 0 radical (unpaired) electrons. The van der Waals surface area contributed by atoms with Gasteiger partial charge in [-0.15, -0.1) is 0 Å². The van der Waals surface area contributed by atoms with Crippen molar-refractivity contribution in [2.75, 3.05) is 26.7 Å². The minimum absolute atomic E-state index is 0.534. The standard InChI is InChI=1S/C13H28N2O2/c1-6-8-14-13(4,12(16)17)10-15(5)9-11(3)7-2/h11,14H,6-10H2,1-5H3,(H,16,17). The molecule has 0 bridgehead atoms. The topological polar surface area (TPSA) is 52.6 Å². The van der Waals surface area contributed by atoms with Gasteiger partial charge in [0.1, 0.15) is 5.54 Å². The fourth-order valence-electron chi connectivity index (χ4n) is 1.87. The van der Waals surface area contributed by atoms with Gasteiger partial charge in [0.25, 0.3) is 0 Å². The minimum atomic E-state index is -0.849. The average molecular weight is 244 g/mol. The lowest BCUT2D eigenvalue weighted by molar-refractivity contribution is -0.145. The SMILES string of the molecule is CCCNC(C)(CN(C)CC(C)CC)C(=O)O. The van der Waals surface area contributed by atoms with E-state index in [9.17, 15) is 9.90 Å². The lowest BCUT2D eigenvalue weighted by Gasteiger charge is -2.32. The van der Waals surface area contributed by atoms with Gasteiger partial charge in [0, 0.05) is 13.1 Å². The molecule has 0 rings (SSSR count). The number of carbonyl (C=O) groups is 1. The number of nitrogens with one attached hydrogen (secondary N) is 1. The zero-order valence-electron chi connectivity index (χ0n) is 11.9. The maximum Gasteiger partial charge on any atom is 0.324 e. The van der Waals surface area contributed by atoms with E-state index in [0.29, 0.717) is 12.5 Å². The van der Waals surface area contributed by atoms with E-state index in [0.717, 1.165) is 25.9 Å². The molecule has 0 aliphatic heterocycles. The van der Waals surface area contributed by atoms with Crippen LogP contribution in [0.1, 0.15) is 40.5 Å². The number of carboxylic acids is 1. The zero-order chi connectivity index (χ0) is 13.5. The van der Waals surface area contributed by atoms with Crippen LogP contribution in [0.2, 0.25) is 0 Å². The summed E-state index contributed by atoms with van der Waals surface area (Å²) in [6.07, 6.45) is 2.06. The normalized spacial score (nSPS) is 16.8. The Hall–Kier alpha value is -0.610. The number of rotatable bonds is 9. The summed E-state index contributed by atoms with van der Waals surface area (Å²) in [5, 5.41) is 12.4. The lowest BCUT2D eigenvalue weighted by Crippen LogP contribution is -2.56. The Bertz CT molecular complexity index is 233. The van der Waals surface area contributed by atoms with Gasteiger partial charge < -0.3 is 15.3 Å². The second kappa shape index (κ2) is 7.67. The first-order valence-electron chi connectivity index (χ1n) is 6.52. The first-order chi connectivity index (χ1) is 7.85. The highest BCUT2D eigenvalue weighted by Gasteiger charge is 2.33. The zero-order valence-corrected chi connectivity index (χ0v) is 11.9. The second-order valence-electron chi connectivity index (χ2n) is 5.27. The van der Waals surface area contributed by atoms with Gasteiger partial charge in [-0.05, 0) is 32.9 Å². The Morgan fingerprint density at radius 1 is 1.47 bits per heavy atom. The summed E-state index contributed by atoms with van der Waals surface area (Å²) in [6, 6.07) is 0. The molecule has 4 heteroatoms. The van der Waals surface area contributed by atoms with Crippen molar-refractivity contribution in [2.45, 2.75) is 46.1 Å². The van der Waals surface area contributed by atoms with E-state index in [-0.39, 0.29) is 0 Å². The molecule has 0 saturated carbocycles. The first-order valence-corrected chi connectivity index (χ1v) is 6.52. The molecule has 0 spiro atoms. The Balaban J connectivity index is 4.37. The predicted molar refractivity (Wildman–Crippen MR) is 71.3 cm³/mol. The minimum Gasteiger partial charge on any atom is -0.480 e. The smallest absolute Gasteiger partial charge is 0.324 e. The van der Waals surface area contributed by atoms with Gasteiger partial charge in [-0.2, -0.15) is 0 Å². The van der Waals surface area contributed by atoms with Crippen molar-refractivity contribution in [1.29, 1.82) is 0 Å². The summed E-state index contributed by atoms with van der Waals surface area (Å²) in [7, 11) is 1.99. The monoisotopic (exact) mass is 244 g/mol. The van der Waals surface area contributed by atoms with Crippen LogP contribution in [0.4, 0.5) is 0 Å². The summed E-state index contributed by atoms with van der Waals surface area (Å²) < 4.78 is 0. The average Bonchev–Trinajstić information content (AvgIpc) is 2.25. The lowest BCUT2D eigenvalue weighted by atomic mass is 10.0. The highest BCUT2D eigenvalue weighted by atomic mass is 16.4. The van der Waals surface area contributed by atoms with Crippen molar-refractivity contribution in [1.82, 2.24) is 10.2 Å². The summed E-state index contributed by atoms with van der Waals surface area (Å²) in [5.41, 5.74) is -0.849. The number of aliphatic carboxylic acids is 1. The molecule has 0 aliphatic carbocycles. The second-order valence-corrected chi connectivity index (χ2v) is 5.27. The Kier molecular flexibility index (Phi) is 7.39. The van der Waals surface area contributed by atoms with Crippen molar-refractivity contribution in [3.05, 3.63) is 0 Å². The molecule has 0 aromatic heterocycles. The van der Waals surface area contributed by atoms with Gasteiger partial charge in [-0.1, -0.05) is 27.2 Å². The van der Waals surface area contributed by atoms with Crippen molar-refractivity contribution in [3.63, 3.8) is 0 Å². The van der Waals surface area contributed by atoms with E-state index in [1.807, 2.05) is 14.0 Å². The first kappa shape index (κ1) is 16.4. The molecule has 2 unspecified atom stereocenters. The van der Waals surface area contributed by atoms with Crippen LogP contribution in [-0.2, 0) is 4.79 Å². The van der Waals surface area contributed by atoms with E-state index in [1.165, 1.54) is 0 Å². The highest BCUT2D eigenvalue weighted by Crippen LogP contribution is 2.10. The van der Waals surface area contributed by atoms with Gasteiger partial charge in [0.15, 0.2) is 0 Å². The van der Waals surface area contributed by atoms with Gasteiger partial charge in [0.2, 0.25) is 0 Å². The molecular formula is C13H28N2O2. The number of nitrogens with zero attached hydrogens (tertiary/aromatic N) is 1. The van der Waals surface area contributed by atoms with E-state index >= 15 is 0 Å². The molecule has 0 aliphatic rings. The molecule has 4 nitrogen and oxygen atoms in total. The molecule has 0 aromatic rings. The predicted octanol–water partition coefficient (Wildman–Crippen LogP) is 1.81. The van der Waals surface area contributed by atoms with Gasteiger partial charge in [-0.25, -0.2) is 0 Å². The van der Waals surface area contributed by atoms with Crippen molar-refractivity contribution in [3.8, 4) is 0 Å². The highest BCUT2D eigenvalue weighted by molar-refractivity contribution is 5.78. The van der Waals surface area contributed by atoms with Crippen LogP contribution >= 0.6 is 0 Å². The van der Waals surface area contributed by atoms with Crippen LogP contribution in [0.25, 0.3) is 0 Å². The van der Waals surface area contributed by atoms with Crippen LogP contribution in [0.15, 0.2) is 0 Å². The van der Waals surface area contributed by atoms with Crippen LogP contribution in [0.3, 0.4) is 0 Å².